The lowest BCUT2D eigenvalue weighted by molar-refractivity contribution is -0.143. The standard InChI is InChI=1S/C23H30N4O5/c28-22(29)16-2-1-3-17(12-16)32-18-6-7-20(25-13-18)19-14-26-27-21(19)9-11-31-23(30)24-10-8-15-4-5-15/h6-7,13-17H,1-5,8-12H2,(H,24,30)(H,26,27)(H,28,29)/t16-,17-/m0/s1. The highest BCUT2D eigenvalue weighted by molar-refractivity contribution is 5.70. The van der Waals surface area contributed by atoms with Crippen LogP contribution in [0.2, 0.25) is 0 Å². The van der Waals surface area contributed by atoms with Crippen LogP contribution in [0, 0.1) is 11.8 Å². The maximum Gasteiger partial charge on any atom is 0.407 e. The normalized spacial score (nSPS) is 20.5. The molecule has 2 aromatic heterocycles. The lowest BCUT2D eigenvalue weighted by Gasteiger charge is -2.27. The van der Waals surface area contributed by atoms with Crippen LogP contribution in [0.15, 0.2) is 24.5 Å². The van der Waals surface area contributed by atoms with Crippen molar-refractivity contribution in [3.05, 3.63) is 30.2 Å². The zero-order chi connectivity index (χ0) is 22.3. The summed E-state index contributed by atoms with van der Waals surface area (Å²) in [6.07, 6.45) is 9.87. The van der Waals surface area contributed by atoms with Gasteiger partial charge in [-0.1, -0.05) is 12.8 Å². The van der Waals surface area contributed by atoms with Gasteiger partial charge in [0.05, 0.1) is 36.7 Å². The van der Waals surface area contributed by atoms with E-state index in [1.54, 1.807) is 12.4 Å². The van der Waals surface area contributed by atoms with Gasteiger partial charge in [-0.3, -0.25) is 14.9 Å². The molecule has 0 spiro atoms. The highest BCUT2D eigenvalue weighted by Crippen LogP contribution is 2.31. The van der Waals surface area contributed by atoms with E-state index >= 15 is 0 Å². The van der Waals surface area contributed by atoms with Crippen LogP contribution in [-0.4, -0.2) is 51.6 Å². The summed E-state index contributed by atoms with van der Waals surface area (Å²) in [5, 5.41) is 19.1. The van der Waals surface area contributed by atoms with E-state index in [1.807, 2.05) is 12.1 Å². The van der Waals surface area contributed by atoms with Gasteiger partial charge in [0.25, 0.3) is 0 Å². The van der Waals surface area contributed by atoms with Crippen molar-refractivity contribution in [2.75, 3.05) is 13.2 Å². The first-order valence-corrected chi connectivity index (χ1v) is 11.4. The second kappa shape index (κ2) is 10.5. The number of carboxylic acid groups (broad SMARTS) is 1. The van der Waals surface area contributed by atoms with Gasteiger partial charge in [0.1, 0.15) is 5.75 Å². The number of alkyl carbamates (subject to hydrolysis) is 1. The summed E-state index contributed by atoms with van der Waals surface area (Å²) >= 11 is 0. The van der Waals surface area contributed by atoms with Gasteiger partial charge in [0.2, 0.25) is 0 Å². The molecule has 2 heterocycles. The van der Waals surface area contributed by atoms with Crippen molar-refractivity contribution in [1.82, 2.24) is 20.5 Å². The van der Waals surface area contributed by atoms with Gasteiger partial charge in [0, 0.05) is 24.2 Å². The summed E-state index contributed by atoms with van der Waals surface area (Å²) in [6, 6.07) is 3.69. The molecule has 0 saturated heterocycles. The van der Waals surface area contributed by atoms with Gasteiger partial charge in [-0.05, 0) is 50.2 Å². The number of carboxylic acids is 1. The Morgan fingerprint density at radius 3 is 2.81 bits per heavy atom. The van der Waals surface area contributed by atoms with E-state index in [0.29, 0.717) is 31.6 Å². The van der Waals surface area contributed by atoms with Crippen LogP contribution in [0.25, 0.3) is 11.3 Å². The predicted molar refractivity (Wildman–Crippen MR) is 116 cm³/mol. The summed E-state index contributed by atoms with van der Waals surface area (Å²) in [7, 11) is 0. The highest BCUT2D eigenvalue weighted by Gasteiger charge is 2.28. The Kier molecular flexibility index (Phi) is 7.24. The first-order chi connectivity index (χ1) is 15.6. The van der Waals surface area contributed by atoms with E-state index < -0.39 is 5.97 Å². The molecule has 0 aliphatic heterocycles. The monoisotopic (exact) mass is 442 g/mol. The van der Waals surface area contributed by atoms with Gasteiger partial charge in [-0.25, -0.2) is 4.79 Å². The first-order valence-electron chi connectivity index (χ1n) is 11.4. The molecule has 0 aromatic carbocycles. The van der Waals surface area contributed by atoms with Crippen LogP contribution >= 0.6 is 0 Å². The Balaban J connectivity index is 1.25. The molecule has 4 rings (SSSR count). The first kappa shape index (κ1) is 22.1. The summed E-state index contributed by atoms with van der Waals surface area (Å²) in [5.74, 6) is 0.313. The van der Waals surface area contributed by atoms with E-state index in [2.05, 4.69) is 20.5 Å². The molecule has 2 saturated carbocycles. The molecule has 172 valence electrons. The zero-order valence-corrected chi connectivity index (χ0v) is 18.1. The quantitative estimate of drug-likeness (QED) is 0.513. The van der Waals surface area contributed by atoms with E-state index in [4.69, 9.17) is 9.47 Å². The van der Waals surface area contributed by atoms with Crippen molar-refractivity contribution >= 4 is 12.1 Å². The summed E-state index contributed by atoms with van der Waals surface area (Å²) < 4.78 is 11.2. The summed E-state index contributed by atoms with van der Waals surface area (Å²) in [4.78, 5) is 27.5. The van der Waals surface area contributed by atoms with Crippen LogP contribution in [0.5, 0.6) is 5.75 Å². The molecule has 2 atom stereocenters. The Morgan fingerprint density at radius 1 is 1.19 bits per heavy atom. The Bertz CT molecular complexity index is 909. The smallest absolute Gasteiger partial charge is 0.407 e. The van der Waals surface area contributed by atoms with E-state index in [-0.39, 0.29) is 24.7 Å². The second-order valence-electron chi connectivity index (χ2n) is 8.63. The molecule has 0 radical (unpaired) electrons. The minimum atomic E-state index is -0.751. The molecule has 9 nitrogen and oxygen atoms in total. The number of aromatic amines is 1. The third-order valence-corrected chi connectivity index (χ3v) is 6.11. The molecular formula is C23H30N4O5. The van der Waals surface area contributed by atoms with Crippen LogP contribution in [0.1, 0.15) is 50.6 Å². The minimum absolute atomic E-state index is 0.102. The Labute approximate surface area is 186 Å². The molecule has 2 aromatic rings. The van der Waals surface area contributed by atoms with Gasteiger partial charge < -0.3 is 19.9 Å². The average molecular weight is 443 g/mol. The lowest BCUT2D eigenvalue weighted by Crippen LogP contribution is -2.29. The molecule has 2 aliphatic rings. The fourth-order valence-electron chi connectivity index (χ4n) is 4.08. The molecule has 1 amide bonds. The SMILES string of the molecule is O=C(NCCC1CC1)OCCc1[nH]ncc1-c1ccc(O[C@H]2CCC[C@H](C(=O)O)C2)cn1. The molecule has 0 bridgehead atoms. The number of nitrogens with one attached hydrogen (secondary N) is 2. The van der Waals surface area contributed by atoms with Crippen molar-refractivity contribution in [2.45, 2.75) is 57.5 Å². The highest BCUT2D eigenvalue weighted by atomic mass is 16.5. The minimum Gasteiger partial charge on any atom is -0.489 e. The maximum atomic E-state index is 11.8. The van der Waals surface area contributed by atoms with Crippen LogP contribution < -0.4 is 10.1 Å². The molecule has 3 N–H and O–H groups in total. The zero-order valence-electron chi connectivity index (χ0n) is 18.1. The van der Waals surface area contributed by atoms with Gasteiger partial charge in [-0.15, -0.1) is 0 Å². The third-order valence-electron chi connectivity index (χ3n) is 6.11. The summed E-state index contributed by atoms with van der Waals surface area (Å²) in [6.45, 7) is 0.910. The van der Waals surface area contributed by atoms with Gasteiger partial charge in [0.15, 0.2) is 0 Å². The van der Waals surface area contributed by atoms with Crippen molar-refractivity contribution in [1.29, 1.82) is 0 Å². The number of pyridine rings is 1. The topological polar surface area (TPSA) is 126 Å². The number of nitrogens with zero attached hydrogens (tertiary/aromatic N) is 2. The Hall–Kier alpha value is -3.10. The van der Waals surface area contributed by atoms with Crippen LogP contribution in [0.4, 0.5) is 4.79 Å². The van der Waals surface area contributed by atoms with Gasteiger partial charge >= 0.3 is 12.1 Å². The molecule has 32 heavy (non-hydrogen) atoms. The van der Waals surface area contributed by atoms with Crippen LogP contribution in [-0.2, 0) is 16.0 Å². The number of carbonyl (C=O) groups excluding carboxylic acids is 1. The molecular weight excluding hydrogens is 412 g/mol. The molecule has 2 aliphatic carbocycles. The van der Waals surface area contributed by atoms with Crippen molar-refractivity contribution in [2.24, 2.45) is 11.8 Å². The number of amides is 1. The number of carbonyl (C=O) groups is 2. The fraction of sp³-hybridized carbons (Fsp3) is 0.565. The molecule has 0 unspecified atom stereocenters. The maximum absolute atomic E-state index is 11.8. The molecule has 2 fully saturated rings. The number of ether oxygens (including phenoxy) is 2. The number of rotatable bonds is 10. The average Bonchev–Trinajstić information content (AvgIpc) is 3.50. The van der Waals surface area contributed by atoms with Crippen molar-refractivity contribution in [3.63, 3.8) is 0 Å². The fourth-order valence-corrected chi connectivity index (χ4v) is 4.08. The predicted octanol–water partition coefficient (Wildman–Crippen LogP) is 3.56. The molecule has 9 heteroatoms. The second-order valence-corrected chi connectivity index (χ2v) is 8.63. The lowest BCUT2D eigenvalue weighted by atomic mass is 9.87. The number of aliphatic carboxylic acids is 1. The van der Waals surface area contributed by atoms with E-state index in [1.165, 1.54) is 12.8 Å². The largest absolute Gasteiger partial charge is 0.489 e. The van der Waals surface area contributed by atoms with Crippen molar-refractivity contribution < 1.29 is 24.2 Å². The third kappa shape index (κ3) is 6.21. The number of hydrogen-bond acceptors (Lipinski definition) is 6. The van der Waals surface area contributed by atoms with Gasteiger partial charge in [-0.2, -0.15) is 5.10 Å². The number of aromatic nitrogens is 3. The van der Waals surface area contributed by atoms with E-state index in [0.717, 1.165) is 42.1 Å². The van der Waals surface area contributed by atoms with Crippen molar-refractivity contribution in [3.8, 4) is 17.0 Å². The van der Waals surface area contributed by atoms with Crippen LogP contribution in [0.3, 0.4) is 0 Å². The number of hydrogen-bond donors (Lipinski definition) is 3. The Morgan fingerprint density at radius 2 is 2.06 bits per heavy atom. The van der Waals surface area contributed by atoms with E-state index in [9.17, 15) is 14.7 Å². The summed E-state index contributed by atoms with van der Waals surface area (Å²) in [5.41, 5.74) is 2.42. The number of H-pyrrole nitrogens is 1.